The largest absolute Gasteiger partial charge is 0.341 e. The van der Waals surface area contributed by atoms with Crippen LogP contribution in [0.1, 0.15) is 78.6 Å². The summed E-state index contributed by atoms with van der Waals surface area (Å²) in [7, 11) is 1.86. The summed E-state index contributed by atoms with van der Waals surface area (Å²) in [5, 5.41) is 2.97. The molecule has 4 aliphatic rings. The highest BCUT2D eigenvalue weighted by Gasteiger charge is 2.54. The molecular formula is C23H37N3O3. The van der Waals surface area contributed by atoms with Gasteiger partial charge in [0, 0.05) is 13.1 Å². The molecule has 4 rings (SSSR count). The third-order valence-corrected chi connectivity index (χ3v) is 8.45. The second-order valence-electron chi connectivity index (χ2n) is 10.7. The number of imide groups is 1. The number of hydrogen-bond donors (Lipinski definition) is 1. The van der Waals surface area contributed by atoms with Gasteiger partial charge >= 0.3 is 6.03 Å². The van der Waals surface area contributed by atoms with Gasteiger partial charge in [0.15, 0.2) is 0 Å². The fourth-order valence-electron chi connectivity index (χ4n) is 5.65. The minimum atomic E-state index is -0.789. The van der Waals surface area contributed by atoms with Crippen LogP contribution >= 0.6 is 0 Å². The summed E-state index contributed by atoms with van der Waals surface area (Å²) in [6, 6.07) is -0.0942. The summed E-state index contributed by atoms with van der Waals surface area (Å²) in [4.78, 5) is 41.8. The molecule has 0 bridgehead atoms. The van der Waals surface area contributed by atoms with Crippen LogP contribution in [0.3, 0.4) is 0 Å². The molecule has 3 saturated carbocycles. The molecule has 1 saturated heterocycles. The van der Waals surface area contributed by atoms with Crippen molar-refractivity contribution in [3.05, 3.63) is 0 Å². The lowest BCUT2D eigenvalue weighted by Crippen LogP contribution is -2.51. The summed E-state index contributed by atoms with van der Waals surface area (Å²) >= 11 is 0. The normalized spacial score (nSPS) is 30.2. The van der Waals surface area contributed by atoms with Crippen molar-refractivity contribution in [2.24, 2.45) is 23.2 Å². The molecule has 1 heterocycles. The van der Waals surface area contributed by atoms with Crippen molar-refractivity contribution in [3.8, 4) is 0 Å². The molecule has 29 heavy (non-hydrogen) atoms. The van der Waals surface area contributed by atoms with Crippen LogP contribution in [-0.4, -0.2) is 52.8 Å². The summed E-state index contributed by atoms with van der Waals surface area (Å²) in [6.07, 6.45) is 9.14. The number of urea groups is 1. The average molecular weight is 404 g/mol. The van der Waals surface area contributed by atoms with Crippen molar-refractivity contribution in [2.45, 2.75) is 90.1 Å². The predicted octanol–water partition coefficient (Wildman–Crippen LogP) is 3.55. The summed E-state index contributed by atoms with van der Waals surface area (Å²) in [6.45, 7) is 6.68. The van der Waals surface area contributed by atoms with E-state index in [1.165, 1.54) is 30.6 Å². The predicted molar refractivity (Wildman–Crippen MR) is 111 cm³/mol. The van der Waals surface area contributed by atoms with E-state index in [4.69, 9.17) is 0 Å². The topological polar surface area (TPSA) is 69.7 Å². The van der Waals surface area contributed by atoms with Gasteiger partial charge in [0.05, 0.1) is 0 Å². The molecule has 0 aromatic carbocycles. The van der Waals surface area contributed by atoms with Gasteiger partial charge < -0.3 is 10.2 Å². The Kier molecular flexibility index (Phi) is 5.19. The SMILES string of the molecule is CCC(C)(C)C1CCC2(CC1)NC(=O)N(CC(=O)N(C)C(C1CC1)C1CC1)C2=O. The Morgan fingerprint density at radius 3 is 2.17 bits per heavy atom. The Morgan fingerprint density at radius 1 is 1.14 bits per heavy atom. The molecule has 0 radical (unpaired) electrons. The quantitative estimate of drug-likeness (QED) is 0.661. The molecule has 162 valence electrons. The molecule has 0 atom stereocenters. The fraction of sp³-hybridized carbons (Fsp3) is 0.870. The van der Waals surface area contributed by atoms with Crippen LogP contribution in [0, 0.1) is 23.2 Å². The lowest BCUT2D eigenvalue weighted by Gasteiger charge is -2.42. The van der Waals surface area contributed by atoms with Crippen molar-refractivity contribution in [2.75, 3.05) is 13.6 Å². The van der Waals surface area contributed by atoms with Crippen molar-refractivity contribution in [3.63, 3.8) is 0 Å². The molecule has 4 fully saturated rings. The van der Waals surface area contributed by atoms with Crippen molar-refractivity contribution >= 4 is 17.8 Å². The van der Waals surface area contributed by atoms with Gasteiger partial charge in [0.25, 0.3) is 5.91 Å². The highest BCUT2D eigenvalue weighted by Crippen LogP contribution is 2.47. The highest BCUT2D eigenvalue weighted by atomic mass is 16.2. The summed E-state index contributed by atoms with van der Waals surface area (Å²) < 4.78 is 0. The Bertz CT molecular complexity index is 675. The lowest BCUT2D eigenvalue weighted by atomic mass is 9.65. The highest BCUT2D eigenvalue weighted by molar-refractivity contribution is 6.09. The van der Waals surface area contributed by atoms with Gasteiger partial charge in [-0.25, -0.2) is 4.79 Å². The first-order chi connectivity index (χ1) is 13.7. The molecule has 0 aromatic rings. The maximum atomic E-state index is 13.2. The molecule has 0 aromatic heterocycles. The number of nitrogens with zero attached hydrogens (tertiary/aromatic N) is 2. The smallest absolute Gasteiger partial charge is 0.325 e. The van der Waals surface area contributed by atoms with Crippen molar-refractivity contribution < 1.29 is 14.4 Å². The van der Waals surface area contributed by atoms with Crippen LogP contribution in [0.25, 0.3) is 0 Å². The minimum absolute atomic E-state index is 0.102. The average Bonchev–Trinajstić information content (AvgIpc) is 3.60. The first-order valence-corrected chi connectivity index (χ1v) is 11.6. The van der Waals surface area contributed by atoms with E-state index in [9.17, 15) is 14.4 Å². The third-order valence-electron chi connectivity index (χ3n) is 8.45. The van der Waals surface area contributed by atoms with E-state index in [0.29, 0.717) is 36.6 Å². The first-order valence-electron chi connectivity index (χ1n) is 11.6. The molecule has 1 aliphatic heterocycles. The zero-order valence-electron chi connectivity index (χ0n) is 18.5. The number of nitrogens with one attached hydrogen (secondary N) is 1. The van der Waals surface area contributed by atoms with Crippen LogP contribution in [-0.2, 0) is 9.59 Å². The van der Waals surface area contributed by atoms with E-state index < -0.39 is 5.54 Å². The molecule has 0 unspecified atom stereocenters. The second-order valence-corrected chi connectivity index (χ2v) is 10.7. The molecule has 1 N–H and O–H groups in total. The van der Waals surface area contributed by atoms with Crippen LogP contribution in [0.15, 0.2) is 0 Å². The monoisotopic (exact) mass is 403 g/mol. The van der Waals surface area contributed by atoms with Gasteiger partial charge in [-0.15, -0.1) is 0 Å². The Morgan fingerprint density at radius 2 is 1.69 bits per heavy atom. The Labute approximate surface area is 174 Å². The number of rotatable bonds is 7. The number of carbonyl (C=O) groups is 3. The molecule has 6 heteroatoms. The third kappa shape index (κ3) is 3.79. The van der Waals surface area contributed by atoms with Gasteiger partial charge in [0.1, 0.15) is 12.1 Å². The van der Waals surface area contributed by atoms with E-state index in [2.05, 4.69) is 26.1 Å². The van der Waals surface area contributed by atoms with E-state index in [0.717, 1.165) is 19.3 Å². The number of carbonyl (C=O) groups excluding carboxylic acids is 3. The number of hydrogen-bond acceptors (Lipinski definition) is 3. The van der Waals surface area contributed by atoms with E-state index in [1.54, 1.807) is 0 Å². The Hall–Kier alpha value is -1.59. The fourth-order valence-corrected chi connectivity index (χ4v) is 5.65. The van der Waals surface area contributed by atoms with Gasteiger partial charge in [-0.2, -0.15) is 0 Å². The zero-order valence-corrected chi connectivity index (χ0v) is 18.5. The maximum Gasteiger partial charge on any atom is 0.325 e. The minimum Gasteiger partial charge on any atom is -0.341 e. The van der Waals surface area contributed by atoms with Gasteiger partial charge in [-0.05, 0) is 74.5 Å². The van der Waals surface area contributed by atoms with E-state index in [-0.39, 0.29) is 29.8 Å². The summed E-state index contributed by atoms with van der Waals surface area (Å²) in [5.41, 5.74) is -0.533. The first kappa shape index (κ1) is 20.7. The van der Waals surface area contributed by atoms with Crippen molar-refractivity contribution in [1.29, 1.82) is 0 Å². The number of likely N-dealkylation sites (N-methyl/N-ethyl adjacent to an activating group) is 1. The van der Waals surface area contributed by atoms with Gasteiger partial charge in [-0.3, -0.25) is 14.5 Å². The molecule has 4 amide bonds. The lowest BCUT2D eigenvalue weighted by molar-refractivity contribution is -0.140. The molecular weight excluding hydrogens is 366 g/mol. The van der Waals surface area contributed by atoms with Crippen LogP contribution in [0.5, 0.6) is 0 Å². The van der Waals surface area contributed by atoms with E-state index >= 15 is 0 Å². The van der Waals surface area contributed by atoms with Crippen molar-refractivity contribution in [1.82, 2.24) is 15.1 Å². The Balaban J connectivity index is 1.39. The van der Waals surface area contributed by atoms with Gasteiger partial charge in [-0.1, -0.05) is 27.2 Å². The van der Waals surface area contributed by atoms with E-state index in [1.807, 2.05) is 11.9 Å². The standard InChI is InChI=1S/C23H37N3O3/c1-5-22(2,3)17-10-12-23(13-11-17)20(28)26(21(29)24-23)14-18(27)25(4)19(15-6-7-15)16-8-9-16/h15-17,19H,5-14H2,1-4H3,(H,24,29). The zero-order chi connectivity index (χ0) is 21.0. The molecule has 6 nitrogen and oxygen atoms in total. The second kappa shape index (κ2) is 7.28. The molecule has 1 spiro atoms. The van der Waals surface area contributed by atoms with Crippen LogP contribution in [0.4, 0.5) is 4.79 Å². The van der Waals surface area contributed by atoms with Gasteiger partial charge in [0.2, 0.25) is 5.91 Å². The molecule has 3 aliphatic carbocycles. The number of amides is 4. The van der Waals surface area contributed by atoms with Crippen LogP contribution in [0.2, 0.25) is 0 Å². The summed E-state index contributed by atoms with van der Waals surface area (Å²) in [5.74, 6) is 1.51. The van der Waals surface area contributed by atoms with Crippen LogP contribution < -0.4 is 5.32 Å². The maximum absolute atomic E-state index is 13.2.